The van der Waals surface area contributed by atoms with Crippen LogP contribution in [0.4, 0.5) is 0 Å². The zero-order valence-electron chi connectivity index (χ0n) is 15.9. The lowest BCUT2D eigenvalue weighted by Crippen LogP contribution is -1.98. The summed E-state index contributed by atoms with van der Waals surface area (Å²) in [5.74, 6) is 0.541. The van der Waals surface area contributed by atoms with Crippen molar-refractivity contribution in [3.05, 3.63) is 63.7 Å². The topological polar surface area (TPSA) is 0 Å². The minimum Gasteiger partial charge on any atom is -0.0654 e. The van der Waals surface area contributed by atoms with Crippen LogP contribution < -0.4 is 0 Å². The molecule has 24 heavy (non-hydrogen) atoms. The number of hydrogen-bond donors (Lipinski definition) is 0. The van der Waals surface area contributed by atoms with Crippen LogP contribution in [0.1, 0.15) is 73.8 Å². The van der Waals surface area contributed by atoms with Gasteiger partial charge in [-0.15, -0.1) is 0 Å². The molecule has 0 aliphatic heterocycles. The largest absolute Gasteiger partial charge is 0.0654 e. The van der Waals surface area contributed by atoms with Gasteiger partial charge in [-0.05, 0) is 66.8 Å². The van der Waals surface area contributed by atoms with Crippen LogP contribution in [0.5, 0.6) is 0 Å². The van der Waals surface area contributed by atoms with Gasteiger partial charge in [-0.2, -0.15) is 0 Å². The van der Waals surface area contributed by atoms with Crippen LogP contribution in [0.2, 0.25) is 0 Å². The van der Waals surface area contributed by atoms with Gasteiger partial charge >= 0.3 is 0 Å². The molecule has 0 N–H and O–H groups in total. The summed E-state index contributed by atoms with van der Waals surface area (Å²) >= 11 is 0. The highest BCUT2D eigenvalue weighted by Gasteiger charge is 2.20. The summed E-state index contributed by atoms with van der Waals surface area (Å²) in [6.07, 6.45) is 7.45. The van der Waals surface area contributed by atoms with Crippen LogP contribution in [0, 0.1) is 13.8 Å². The van der Waals surface area contributed by atoms with Gasteiger partial charge in [0.1, 0.15) is 0 Å². The summed E-state index contributed by atoms with van der Waals surface area (Å²) in [4.78, 5) is 0. The smallest absolute Gasteiger partial charge is 0.00576 e. The Kier molecular flexibility index (Phi) is 4.94. The molecule has 0 fully saturated rings. The Morgan fingerprint density at radius 3 is 2.33 bits per heavy atom. The lowest BCUT2D eigenvalue weighted by molar-refractivity contribution is 0.779. The van der Waals surface area contributed by atoms with E-state index in [4.69, 9.17) is 0 Å². The van der Waals surface area contributed by atoms with E-state index in [1.807, 2.05) is 0 Å². The molecule has 0 heterocycles. The standard InChI is InChI=1S/C24H30/c1-6-7-8-19-14-20-9-10-22(16(2)3)24(23(20)15-19)21-12-17(4)11-18(5)13-21/h9-13,15-16H,6-8,14H2,1-5H3. The highest BCUT2D eigenvalue weighted by atomic mass is 14.2. The fourth-order valence-corrected chi connectivity index (χ4v) is 3.99. The fourth-order valence-electron chi connectivity index (χ4n) is 3.99. The zero-order chi connectivity index (χ0) is 17.3. The monoisotopic (exact) mass is 318 g/mol. The van der Waals surface area contributed by atoms with Gasteiger partial charge < -0.3 is 0 Å². The molecule has 126 valence electrons. The molecule has 1 aliphatic carbocycles. The molecular formula is C24H30. The average Bonchev–Trinajstić information content (AvgIpc) is 2.93. The minimum absolute atomic E-state index is 0.541. The second kappa shape index (κ2) is 6.97. The van der Waals surface area contributed by atoms with E-state index in [1.54, 1.807) is 5.57 Å². The number of unbranched alkanes of at least 4 members (excludes halogenated alkanes) is 1. The second-order valence-corrected chi connectivity index (χ2v) is 7.72. The number of fused-ring (bicyclic) bond motifs is 1. The number of rotatable bonds is 5. The number of hydrogen-bond acceptors (Lipinski definition) is 0. The van der Waals surface area contributed by atoms with Crippen molar-refractivity contribution in [3.63, 3.8) is 0 Å². The van der Waals surface area contributed by atoms with Crippen LogP contribution in [0.15, 0.2) is 35.9 Å². The Morgan fingerprint density at radius 2 is 1.71 bits per heavy atom. The predicted octanol–water partition coefficient (Wildman–Crippen LogP) is 7.22. The molecule has 0 unspecified atom stereocenters. The number of aryl methyl sites for hydroxylation is 2. The lowest BCUT2D eigenvalue weighted by atomic mass is 9.86. The summed E-state index contributed by atoms with van der Waals surface area (Å²) in [6.45, 7) is 11.3. The van der Waals surface area contributed by atoms with Crippen molar-refractivity contribution in [3.8, 4) is 11.1 Å². The van der Waals surface area contributed by atoms with Crippen molar-refractivity contribution in [1.29, 1.82) is 0 Å². The van der Waals surface area contributed by atoms with E-state index in [0.29, 0.717) is 5.92 Å². The molecule has 0 saturated heterocycles. The van der Waals surface area contributed by atoms with Crippen molar-refractivity contribution in [2.75, 3.05) is 0 Å². The maximum Gasteiger partial charge on any atom is -0.00576 e. The van der Waals surface area contributed by atoms with Crippen LogP contribution >= 0.6 is 0 Å². The average molecular weight is 319 g/mol. The molecule has 1 aliphatic rings. The van der Waals surface area contributed by atoms with Crippen LogP contribution in [-0.2, 0) is 6.42 Å². The van der Waals surface area contributed by atoms with E-state index < -0.39 is 0 Å². The van der Waals surface area contributed by atoms with Crippen LogP contribution in [-0.4, -0.2) is 0 Å². The Balaban J connectivity index is 2.17. The third-order valence-electron chi connectivity index (χ3n) is 5.12. The summed E-state index contributed by atoms with van der Waals surface area (Å²) in [5, 5.41) is 0. The van der Waals surface area contributed by atoms with Gasteiger partial charge in [0.05, 0.1) is 0 Å². The SMILES string of the molecule is CCCCC1=Cc2c(ccc(C(C)C)c2-c2cc(C)cc(C)c2)C1. The minimum atomic E-state index is 0.541. The predicted molar refractivity (Wildman–Crippen MR) is 107 cm³/mol. The van der Waals surface area contributed by atoms with E-state index in [2.05, 4.69) is 71.0 Å². The van der Waals surface area contributed by atoms with Gasteiger partial charge in [-0.3, -0.25) is 0 Å². The Hall–Kier alpha value is -1.82. The van der Waals surface area contributed by atoms with E-state index in [0.717, 1.165) is 6.42 Å². The number of allylic oxidation sites excluding steroid dienone is 1. The normalized spacial score (nSPS) is 13.3. The molecule has 0 amide bonds. The molecule has 0 nitrogen and oxygen atoms in total. The zero-order valence-corrected chi connectivity index (χ0v) is 15.9. The maximum absolute atomic E-state index is 2.49. The first-order valence-electron chi connectivity index (χ1n) is 9.43. The van der Waals surface area contributed by atoms with Gasteiger partial charge in [0.2, 0.25) is 0 Å². The molecule has 0 aromatic heterocycles. The van der Waals surface area contributed by atoms with Crippen LogP contribution in [0.25, 0.3) is 17.2 Å². The third kappa shape index (κ3) is 3.34. The van der Waals surface area contributed by atoms with Gasteiger partial charge in [0.25, 0.3) is 0 Å². The van der Waals surface area contributed by atoms with Crippen molar-refractivity contribution in [1.82, 2.24) is 0 Å². The summed E-state index contributed by atoms with van der Waals surface area (Å²) in [5.41, 5.74) is 11.7. The highest BCUT2D eigenvalue weighted by Crippen LogP contribution is 2.40. The molecule has 0 heteroatoms. The van der Waals surface area contributed by atoms with Crippen molar-refractivity contribution in [2.24, 2.45) is 0 Å². The molecule has 0 radical (unpaired) electrons. The van der Waals surface area contributed by atoms with E-state index in [1.165, 1.54) is 58.2 Å². The van der Waals surface area contributed by atoms with Gasteiger partial charge in [0.15, 0.2) is 0 Å². The Morgan fingerprint density at radius 1 is 1.00 bits per heavy atom. The summed E-state index contributed by atoms with van der Waals surface area (Å²) in [7, 11) is 0. The quantitative estimate of drug-likeness (QED) is 0.545. The van der Waals surface area contributed by atoms with Crippen molar-refractivity contribution < 1.29 is 0 Å². The summed E-state index contributed by atoms with van der Waals surface area (Å²) < 4.78 is 0. The molecule has 0 atom stereocenters. The fraction of sp³-hybridized carbons (Fsp3) is 0.417. The first-order chi connectivity index (χ1) is 11.5. The van der Waals surface area contributed by atoms with Crippen molar-refractivity contribution >= 4 is 6.08 Å². The van der Waals surface area contributed by atoms with E-state index >= 15 is 0 Å². The lowest BCUT2D eigenvalue weighted by Gasteiger charge is -2.18. The van der Waals surface area contributed by atoms with Gasteiger partial charge in [0, 0.05) is 0 Å². The Bertz CT molecular complexity index is 755. The molecule has 3 rings (SSSR count). The molecule has 0 saturated carbocycles. The second-order valence-electron chi connectivity index (χ2n) is 7.72. The molecule has 2 aromatic carbocycles. The Labute approximate surface area is 147 Å². The van der Waals surface area contributed by atoms with Gasteiger partial charge in [-0.1, -0.05) is 80.3 Å². The molecule has 0 spiro atoms. The summed E-state index contributed by atoms with van der Waals surface area (Å²) in [6, 6.07) is 11.7. The van der Waals surface area contributed by atoms with Crippen LogP contribution in [0.3, 0.4) is 0 Å². The molecular weight excluding hydrogens is 288 g/mol. The van der Waals surface area contributed by atoms with E-state index in [9.17, 15) is 0 Å². The third-order valence-corrected chi connectivity index (χ3v) is 5.12. The maximum atomic E-state index is 2.49. The van der Waals surface area contributed by atoms with Gasteiger partial charge in [-0.25, -0.2) is 0 Å². The first kappa shape index (κ1) is 17.0. The molecule has 0 bridgehead atoms. The molecule has 2 aromatic rings. The highest BCUT2D eigenvalue weighted by molar-refractivity contribution is 5.84. The first-order valence-corrected chi connectivity index (χ1v) is 9.43. The van der Waals surface area contributed by atoms with E-state index in [-0.39, 0.29) is 0 Å². The number of benzene rings is 2. The van der Waals surface area contributed by atoms with Crippen molar-refractivity contribution in [2.45, 2.75) is 66.2 Å².